The Morgan fingerprint density at radius 3 is 2.76 bits per heavy atom. The fraction of sp³-hybridized carbons (Fsp3) is 0.556. The van der Waals surface area contributed by atoms with Gasteiger partial charge in [-0.1, -0.05) is 18.2 Å². The SMILES string of the molecule is C=CCN1C(=O)[C@@]2(O[C@@H](CCn3cc(CCO)nn3)[C@H]([Si](C)(C)O)[C@H]2C)c2cc(N3CCCC3=O)ccc21. The monoisotopic (exact) mass is 539 g/mol. The molecule has 4 atom stereocenters. The zero-order valence-corrected chi connectivity index (χ0v) is 23.3. The van der Waals surface area contributed by atoms with Gasteiger partial charge in [0.2, 0.25) is 5.91 Å². The van der Waals surface area contributed by atoms with Gasteiger partial charge >= 0.3 is 0 Å². The van der Waals surface area contributed by atoms with Crippen LogP contribution in [0, 0.1) is 5.92 Å². The van der Waals surface area contributed by atoms with Crippen molar-refractivity contribution in [3.8, 4) is 0 Å². The predicted octanol–water partition coefficient (Wildman–Crippen LogP) is 2.36. The molecule has 3 aliphatic rings. The molecule has 5 rings (SSSR count). The Balaban J connectivity index is 1.53. The standard InChI is InChI=1S/C27H37N5O5Si/c1-5-12-32-22-9-8-20(31-13-6-7-24(31)34)16-21(22)27(26(32)35)18(2)25(38(3,4)36)23(37-27)10-14-30-17-19(11-15-33)28-29-30/h5,8-9,16-18,23,25,33,36H,1,6-7,10-15H2,2-4H3/t18-,23+,25-,27+/m1/s1. The maximum atomic E-state index is 14.2. The quantitative estimate of drug-likeness (QED) is 0.371. The van der Waals surface area contributed by atoms with E-state index in [0.29, 0.717) is 44.6 Å². The van der Waals surface area contributed by atoms with Gasteiger partial charge in [0, 0.05) is 68.0 Å². The second kappa shape index (κ2) is 10.0. The second-order valence-corrected chi connectivity index (χ2v) is 15.1. The average molecular weight is 540 g/mol. The van der Waals surface area contributed by atoms with Crippen molar-refractivity contribution in [2.45, 2.75) is 69.5 Å². The number of nitrogens with zero attached hydrogens (tertiary/aromatic N) is 5. The Kier molecular flexibility index (Phi) is 7.05. The van der Waals surface area contributed by atoms with Crippen LogP contribution in [0.3, 0.4) is 0 Å². The number of fused-ring (bicyclic) bond motifs is 2. The van der Waals surface area contributed by atoms with E-state index in [9.17, 15) is 19.5 Å². The van der Waals surface area contributed by atoms with Gasteiger partial charge in [0.1, 0.15) is 0 Å². The van der Waals surface area contributed by atoms with Gasteiger partial charge in [0.15, 0.2) is 13.9 Å². The Hall–Kier alpha value is -2.86. The number of anilines is 2. The number of aliphatic hydroxyl groups excluding tert-OH is 1. The molecule has 11 heteroatoms. The van der Waals surface area contributed by atoms with Crippen LogP contribution in [0.1, 0.15) is 37.4 Å². The molecule has 0 unspecified atom stereocenters. The molecule has 2 N–H and O–H groups in total. The number of aliphatic hydroxyl groups is 1. The second-order valence-electron chi connectivity index (χ2n) is 11.2. The molecule has 0 bridgehead atoms. The summed E-state index contributed by atoms with van der Waals surface area (Å²) in [5.41, 5.74) is 1.53. The van der Waals surface area contributed by atoms with Crippen LogP contribution in [0.15, 0.2) is 37.1 Å². The molecule has 0 radical (unpaired) electrons. The topological polar surface area (TPSA) is 121 Å². The van der Waals surface area contributed by atoms with E-state index in [0.717, 1.165) is 23.4 Å². The van der Waals surface area contributed by atoms with Crippen molar-refractivity contribution in [2.24, 2.45) is 5.92 Å². The number of carbonyl (C=O) groups excluding carboxylic acids is 2. The molecule has 204 valence electrons. The van der Waals surface area contributed by atoms with Crippen LogP contribution in [-0.4, -0.2) is 70.8 Å². The van der Waals surface area contributed by atoms with E-state index in [1.165, 1.54) is 0 Å². The summed E-state index contributed by atoms with van der Waals surface area (Å²) in [4.78, 5) is 41.7. The average Bonchev–Trinajstić information content (AvgIpc) is 3.61. The van der Waals surface area contributed by atoms with E-state index in [1.54, 1.807) is 20.6 Å². The van der Waals surface area contributed by atoms with Crippen LogP contribution in [0.5, 0.6) is 0 Å². The lowest BCUT2D eigenvalue weighted by Gasteiger charge is -2.32. The van der Waals surface area contributed by atoms with Crippen LogP contribution in [0.2, 0.25) is 18.6 Å². The van der Waals surface area contributed by atoms with Crippen LogP contribution >= 0.6 is 0 Å². The van der Waals surface area contributed by atoms with Gasteiger partial charge in [-0.05, 0) is 44.1 Å². The van der Waals surface area contributed by atoms with E-state index >= 15 is 0 Å². The molecule has 2 amide bonds. The van der Waals surface area contributed by atoms with E-state index in [4.69, 9.17) is 4.74 Å². The number of hydrogen-bond donors (Lipinski definition) is 2. The molecule has 2 fully saturated rings. The lowest BCUT2D eigenvalue weighted by molar-refractivity contribution is -0.145. The highest BCUT2D eigenvalue weighted by atomic mass is 28.4. The molecular formula is C27H37N5O5Si. The normalized spacial score (nSPS) is 27.1. The molecule has 1 spiro atoms. The summed E-state index contributed by atoms with van der Waals surface area (Å²) < 4.78 is 8.56. The van der Waals surface area contributed by atoms with Gasteiger partial charge in [0.05, 0.1) is 17.5 Å². The van der Waals surface area contributed by atoms with E-state index < -0.39 is 13.9 Å². The molecular weight excluding hydrogens is 502 g/mol. The Bertz CT molecular complexity index is 1240. The Labute approximate surface area is 224 Å². The molecule has 10 nitrogen and oxygen atoms in total. The first-order valence-electron chi connectivity index (χ1n) is 13.4. The van der Waals surface area contributed by atoms with Gasteiger partial charge in [0.25, 0.3) is 5.91 Å². The lowest BCUT2D eigenvalue weighted by atomic mass is 9.82. The van der Waals surface area contributed by atoms with Crippen molar-refractivity contribution in [2.75, 3.05) is 29.5 Å². The largest absolute Gasteiger partial charge is 0.432 e. The van der Waals surface area contributed by atoms with Crippen molar-refractivity contribution in [1.82, 2.24) is 15.0 Å². The molecule has 4 heterocycles. The minimum atomic E-state index is -2.79. The summed E-state index contributed by atoms with van der Waals surface area (Å²) in [6.45, 7) is 11.2. The summed E-state index contributed by atoms with van der Waals surface area (Å²) in [6.07, 6.45) is 5.45. The molecule has 3 aliphatic heterocycles. The lowest BCUT2D eigenvalue weighted by Crippen LogP contribution is -2.46. The Morgan fingerprint density at radius 2 is 2.11 bits per heavy atom. The summed E-state index contributed by atoms with van der Waals surface area (Å²) in [6, 6.07) is 5.75. The number of amides is 2. The Morgan fingerprint density at radius 1 is 1.32 bits per heavy atom. The van der Waals surface area contributed by atoms with Gasteiger partial charge in [-0.25, -0.2) is 0 Å². The fourth-order valence-electron chi connectivity index (χ4n) is 6.67. The minimum Gasteiger partial charge on any atom is -0.432 e. The molecule has 0 aliphatic carbocycles. The van der Waals surface area contributed by atoms with Crippen LogP contribution in [0.4, 0.5) is 11.4 Å². The smallest absolute Gasteiger partial charge is 0.264 e. The number of ether oxygens (including phenoxy) is 1. The number of rotatable bonds is 9. The number of aryl methyl sites for hydroxylation is 1. The highest BCUT2D eigenvalue weighted by molar-refractivity contribution is 6.71. The third-order valence-corrected chi connectivity index (χ3v) is 10.8. The van der Waals surface area contributed by atoms with Gasteiger partial charge in [-0.2, -0.15) is 0 Å². The minimum absolute atomic E-state index is 0.00455. The first-order valence-corrected chi connectivity index (χ1v) is 16.4. The van der Waals surface area contributed by atoms with Crippen molar-refractivity contribution < 1.29 is 24.2 Å². The maximum absolute atomic E-state index is 14.2. The van der Waals surface area contributed by atoms with Crippen molar-refractivity contribution >= 4 is 31.5 Å². The van der Waals surface area contributed by atoms with Crippen molar-refractivity contribution in [1.29, 1.82) is 0 Å². The molecule has 2 aromatic rings. The highest BCUT2D eigenvalue weighted by Gasteiger charge is 2.66. The fourth-order valence-corrected chi connectivity index (χ4v) is 9.27. The molecule has 38 heavy (non-hydrogen) atoms. The molecule has 1 aromatic heterocycles. The number of benzene rings is 1. The van der Waals surface area contributed by atoms with Crippen molar-refractivity contribution in [3.05, 3.63) is 48.3 Å². The number of hydrogen-bond acceptors (Lipinski definition) is 7. The van der Waals surface area contributed by atoms with E-state index in [2.05, 4.69) is 16.9 Å². The first-order chi connectivity index (χ1) is 18.1. The van der Waals surface area contributed by atoms with Crippen LogP contribution in [0.25, 0.3) is 0 Å². The van der Waals surface area contributed by atoms with Crippen molar-refractivity contribution in [3.63, 3.8) is 0 Å². The van der Waals surface area contributed by atoms with Crippen LogP contribution < -0.4 is 9.80 Å². The van der Waals surface area contributed by atoms with Crippen LogP contribution in [-0.2, 0) is 32.9 Å². The third kappa shape index (κ3) is 4.31. The number of carbonyl (C=O) groups is 2. The summed E-state index contributed by atoms with van der Waals surface area (Å²) in [5, 5.41) is 17.5. The summed E-state index contributed by atoms with van der Waals surface area (Å²) >= 11 is 0. The highest BCUT2D eigenvalue weighted by Crippen LogP contribution is 2.60. The first kappa shape index (κ1) is 26.7. The number of aromatic nitrogens is 3. The van der Waals surface area contributed by atoms with E-state index in [-0.39, 0.29) is 36.0 Å². The van der Waals surface area contributed by atoms with Gasteiger partial charge < -0.3 is 24.4 Å². The maximum Gasteiger partial charge on any atom is 0.264 e. The summed E-state index contributed by atoms with van der Waals surface area (Å²) in [7, 11) is -2.79. The molecule has 2 saturated heterocycles. The zero-order valence-electron chi connectivity index (χ0n) is 22.3. The molecule has 0 saturated carbocycles. The van der Waals surface area contributed by atoms with Gasteiger partial charge in [-0.3, -0.25) is 14.3 Å². The van der Waals surface area contributed by atoms with E-state index in [1.807, 2.05) is 44.4 Å². The zero-order chi connectivity index (χ0) is 27.2. The third-order valence-electron chi connectivity index (χ3n) is 8.26. The molecule has 1 aromatic carbocycles. The van der Waals surface area contributed by atoms with Gasteiger partial charge in [-0.15, -0.1) is 11.7 Å². The summed E-state index contributed by atoms with van der Waals surface area (Å²) in [5.74, 6) is -0.355. The predicted molar refractivity (Wildman–Crippen MR) is 145 cm³/mol.